The molecular weight excluding hydrogens is 376 g/mol. The molecule has 3 aromatic rings. The first-order chi connectivity index (χ1) is 13.5. The van der Waals surface area contributed by atoms with Gasteiger partial charge in [0, 0.05) is 30.2 Å². The summed E-state index contributed by atoms with van der Waals surface area (Å²) in [5.74, 6) is 1.33. The molecule has 1 amide bonds. The summed E-state index contributed by atoms with van der Waals surface area (Å²) in [6.07, 6.45) is 1.09. The fourth-order valence-corrected chi connectivity index (χ4v) is 3.04. The normalized spacial score (nSPS) is 10.7. The molecule has 0 fully saturated rings. The highest BCUT2D eigenvalue weighted by Crippen LogP contribution is 2.12. The number of hydrogen-bond donors (Lipinski definition) is 2. The molecule has 7 nitrogen and oxygen atoms in total. The second-order valence-corrected chi connectivity index (χ2v) is 6.96. The maximum atomic E-state index is 11.9. The van der Waals surface area contributed by atoms with Crippen LogP contribution in [0.5, 0.6) is 0 Å². The molecule has 1 aromatic carbocycles. The summed E-state index contributed by atoms with van der Waals surface area (Å²) in [7, 11) is 0. The van der Waals surface area contributed by atoms with Crippen molar-refractivity contribution in [1.29, 1.82) is 0 Å². The standard InChI is InChI=1S/C20H23ClN6O/c1-14-12-15(2)27(26-14)19-8-7-18(24-25-19)22-10-11-23-20(28)9-6-16-4-3-5-17(21)13-16/h3-5,7-8,12-13H,6,9-11H2,1-2H3,(H,22,24)(H,23,28). The van der Waals surface area contributed by atoms with E-state index in [0.717, 1.165) is 17.0 Å². The van der Waals surface area contributed by atoms with Crippen molar-refractivity contribution in [3.8, 4) is 5.82 Å². The lowest BCUT2D eigenvalue weighted by Gasteiger charge is -2.08. The molecule has 0 bridgehead atoms. The van der Waals surface area contributed by atoms with Crippen LogP contribution in [0.4, 0.5) is 5.82 Å². The number of nitrogens with one attached hydrogen (secondary N) is 2. The summed E-state index contributed by atoms with van der Waals surface area (Å²) in [5.41, 5.74) is 3.00. The van der Waals surface area contributed by atoms with Crippen LogP contribution in [0.1, 0.15) is 23.4 Å². The number of amides is 1. The lowest BCUT2D eigenvalue weighted by atomic mass is 10.1. The third kappa shape index (κ3) is 5.53. The predicted octanol–water partition coefficient (Wildman–Crippen LogP) is 3.09. The highest BCUT2D eigenvalue weighted by molar-refractivity contribution is 6.30. The molecule has 3 rings (SSSR count). The van der Waals surface area contributed by atoms with Crippen molar-refractivity contribution in [2.24, 2.45) is 0 Å². The van der Waals surface area contributed by atoms with E-state index in [0.29, 0.717) is 42.6 Å². The van der Waals surface area contributed by atoms with E-state index in [1.807, 2.05) is 56.3 Å². The maximum absolute atomic E-state index is 11.9. The minimum atomic E-state index is 0.00716. The van der Waals surface area contributed by atoms with Gasteiger partial charge in [0.2, 0.25) is 5.91 Å². The van der Waals surface area contributed by atoms with Crippen LogP contribution < -0.4 is 10.6 Å². The number of rotatable bonds is 8. The summed E-state index contributed by atoms with van der Waals surface area (Å²) in [6, 6.07) is 13.3. The summed E-state index contributed by atoms with van der Waals surface area (Å²) >= 11 is 5.95. The number of carbonyl (C=O) groups excluding carboxylic acids is 1. The highest BCUT2D eigenvalue weighted by Gasteiger charge is 2.06. The molecule has 2 heterocycles. The summed E-state index contributed by atoms with van der Waals surface area (Å²) in [4.78, 5) is 11.9. The number of aromatic nitrogens is 4. The zero-order chi connectivity index (χ0) is 19.9. The average Bonchev–Trinajstić information content (AvgIpc) is 3.02. The SMILES string of the molecule is Cc1cc(C)n(-c2ccc(NCCNC(=O)CCc3cccc(Cl)c3)nn2)n1. The van der Waals surface area contributed by atoms with Gasteiger partial charge in [0.1, 0.15) is 5.82 Å². The van der Waals surface area contributed by atoms with Crippen LogP contribution in [-0.4, -0.2) is 39.0 Å². The van der Waals surface area contributed by atoms with Gasteiger partial charge in [0.15, 0.2) is 5.82 Å². The van der Waals surface area contributed by atoms with E-state index in [4.69, 9.17) is 11.6 Å². The summed E-state index contributed by atoms with van der Waals surface area (Å²) in [6.45, 7) is 4.99. The summed E-state index contributed by atoms with van der Waals surface area (Å²) < 4.78 is 1.76. The number of halogens is 1. The Labute approximate surface area is 169 Å². The number of carbonyl (C=O) groups is 1. The molecule has 0 saturated heterocycles. The third-order valence-corrected chi connectivity index (χ3v) is 4.40. The van der Waals surface area contributed by atoms with E-state index in [1.165, 1.54) is 0 Å². The molecule has 0 aliphatic rings. The van der Waals surface area contributed by atoms with Crippen LogP contribution in [-0.2, 0) is 11.2 Å². The van der Waals surface area contributed by atoms with Crippen LogP contribution in [0, 0.1) is 13.8 Å². The Morgan fingerprint density at radius 1 is 1.11 bits per heavy atom. The zero-order valence-electron chi connectivity index (χ0n) is 15.9. The van der Waals surface area contributed by atoms with E-state index in [2.05, 4.69) is 25.9 Å². The molecular formula is C20H23ClN6O. The van der Waals surface area contributed by atoms with Gasteiger partial charge in [0.05, 0.1) is 5.69 Å². The van der Waals surface area contributed by atoms with Crippen molar-refractivity contribution in [2.45, 2.75) is 26.7 Å². The van der Waals surface area contributed by atoms with Crippen molar-refractivity contribution in [2.75, 3.05) is 18.4 Å². The fraction of sp³-hybridized carbons (Fsp3) is 0.300. The molecule has 0 radical (unpaired) electrons. The zero-order valence-corrected chi connectivity index (χ0v) is 16.7. The lowest BCUT2D eigenvalue weighted by Crippen LogP contribution is -2.29. The Morgan fingerprint density at radius 3 is 2.64 bits per heavy atom. The number of hydrogen-bond acceptors (Lipinski definition) is 5. The Bertz CT molecular complexity index is 938. The van der Waals surface area contributed by atoms with E-state index < -0.39 is 0 Å². The second-order valence-electron chi connectivity index (χ2n) is 6.52. The number of aryl methyl sites for hydroxylation is 3. The Balaban J connectivity index is 1.39. The Morgan fingerprint density at radius 2 is 1.96 bits per heavy atom. The molecule has 0 spiro atoms. The smallest absolute Gasteiger partial charge is 0.220 e. The maximum Gasteiger partial charge on any atom is 0.220 e. The Kier molecular flexibility index (Phi) is 6.60. The molecule has 2 N–H and O–H groups in total. The summed E-state index contributed by atoms with van der Waals surface area (Å²) in [5, 5.41) is 19.5. The van der Waals surface area contributed by atoms with Crippen LogP contribution >= 0.6 is 11.6 Å². The van der Waals surface area contributed by atoms with Gasteiger partial charge in [0.25, 0.3) is 0 Å². The molecule has 0 saturated carbocycles. The second kappa shape index (κ2) is 9.32. The van der Waals surface area contributed by atoms with Gasteiger partial charge in [-0.05, 0) is 56.2 Å². The van der Waals surface area contributed by atoms with Gasteiger partial charge in [-0.25, -0.2) is 4.68 Å². The van der Waals surface area contributed by atoms with Crippen molar-refractivity contribution in [3.63, 3.8) is 0 Å². The van der Waals surface area contributed by atoms with Gasteiger partial charge in [-0.3, -0.25) is 4.79 Å². The number of benzene rings is 1. The minimum Gasteiger partial charge on any atom is -0.367 e. The van der Waals surface area contributed by atoms with Gasteiger partial charge >= 0.3 is 0 Å². The molecule has 2 aromatic heterocycles. The van der Waals surface area contributed by atoms with Crippen molar-refractivity contribution >= 4 is 23.3 Å². The molecule has 0 unspecified atom stereocenters. The highest BCUT2D eigenvalue weighted by atomic mass is 35.5. The first-order valence-corrected chi connectivity index (χ1v) is 9.51. The van der Waals surface area contributed by atoms with Gasteiger partial charge < -0.3 is 10.6 Å². The monoisotopic (exact) mass is 398 g/mol. The first kappa shape index (κ1) is 19.8. The quantitative estimate of drug-likeness (QED) is 0.569. The van der Waals surface area contributed by atoms with E-state index in [1.54, 1.807) is 4.68 Å². The number of nitrogens with zero attached hydrogens (tertiary/aromatic N) is 4. The Hall–Kier alpha value is -2.93. The first-order valence-electron chi connectivity index (χ1n) is 9.13. The molecule has 146 valence electrons. The topological polar surface area (TPSA) is 84.7 Å². The van der Waals surface area contributed by atoms with Crippen molar-refractivity contribution in [3.05, 3.63) is 64.4 Å². The molecule has 0 aliphatic carbocycles. The number of anilines is 1. The minimum absolute atomic E-state index is 0.00716. The molecule has 0 atom stereocenters. The van der Waals surface area contributed by atoms with E-state index >= 15 is 0 Å². The predicted molar refractivity (Wildman–Crippen MR) is 110 cm³/mol. The molecule has 28 heavy (non-hydrogen) atoms. The van der Waals surface area contributed by atoms with Gasteiger partial charge in [-0.1, -0.05) is 23.7 Å². The van der Waals surface area contributed by atoms with Gasteiger partial charge in [-0.2, -0.15) is 5.10 Å². The molecule has 0 aliphatic heterocycles. The average molecular weight is 399 g/mol. The lowest BCUT2D eigenvalue weighted by molar-refractivity contribution is -0.120. The fourth-order valence-electron chi connectivity index (χ4n) is 2.82. The molecule has 8 heteroatoms. The largest absolute Gasteiger partial charge is 0.367 e. The van der Waals surface area contributed by atoms with Crippen molar-refractivity contribution in [1.82, 2.24) is 25.3 Å². The van der Waals surface area contributed by atoms with E-state index in [9.17, 15) is 4.79 Å². The van der Waals surface area contributed by atoms with Crippen LogP contribution in [0.25, 0.3) is 5.82 Å². The van der Waals surface area contributed by atoms with Crippen LogP contribution in [0.15, 0.2) is 42.5 Å². The third-order valence-electron chi connectivity index (χ3n) is 4.16. The van der Waals surface area contributed by atoms with Crippen LogP contribution in [0.2, 0.25) is 5.02 Å². The van der Waals surface area contributed by atoms with Crippen molar-refractivity contribution < 1.29 is 4.79 Å². The van der Waals surface area contributed by atoms with Gasteiger partial charge in [-0.15, -0.1) is 10.2 Å². The van der Waals surface area contributed by atoms with E-state index in [-0.39, 0.29) is 5.91 Å². The van der Waals surface area contributed by atoms with Crippen LogP contribution in [0.3, 0.4) is 0 Å².